The van der Waals surface area contributed by atoms with E-state index in [1.54, 1.807) is 7.11 Å². The van der Waals surface area contributed by atoms with Gasteiger partial charge in [-0.2, -0.15) is 5.26 Å². The van der Waals surface area contributed by atoms with Crippen LogP contribution in [0, 0.1) is 10.7 Å². The first-order chi connectivity index (χ1) is 7.81. The number of ether oxygens (including phenoxy) is 1. The monoisotopic (exact) mass is 235 g/mol. The molecule has 1 unspecified atom stereocenters. The maximum absolute atomic E-state index is 8.49. The summed E-state index contributed by atoms with van der Waals surface area (Å²) in [5.74, 6) is 2.35. The number of methoxy groups -OCH3 is 1. The molecule has 0 bridgehead atoms. The van der Waals surface area contributed by atoms with E-state index in [1.807, 2.05) is 12.1 Å². The fourth-order valence-corrected chi connectivity index (χ4v) is 2.22. The average Bonchev–Trinajstić information content (AvgIpc) is 2.35. The first kappa shape index (κ1) is 12.9. The summed E-state index contributed by atoms with van der Waals surface area (Å²) in [6, 6.07) is 8.22. The highest BCUT2D eigenvalue weighted by molar-refractivity contribution is 8.03. The minimum Gasteiger partial charge on any atom is -0.497 e. The van der Waals surface area contributed by atoms with Crippen molar-refractivity contribution in [1.29, 1.82) is 5.26 Å². The molecule has 0 fully saturated rings. The Morgan fingerprint density at radius 2 is 2.06 bits per heavy atom. The van der Waals surface area contributed by atoms with Gasteiger partial charge < -0.3 is 4.74 Å². The second-order valence-electron chi connectivity index (χ2n) is 3.61. The summed E-state index contributed by atoms with van der Waals surface area (Å²) in [5.41, 5.74) is 1.34. The van der Waals surface area contributed by atoms with E-state index >= 15 is 0 Å². The first-order valence-electron chi connectivity index (χ1n) is 5.46. The smallest absolute Gasteiger partial charge is 0.133 e. The Bertz CT molecular complexity index is 342. The fraction of sp³-hybridized carbons (Fsp3) is 0.462. The summed E-state index contributed by atoms with van der Waals surface area (Å²) < 4.78 is 5.13. The van der Waals surface area contributed by atoms with Crippen LogP contribution in [-0.2, 0) is 0 Å². The van der Waals surface area contributed by atoms with Gasteiger partial charge in [-0.1, -0.05) is 19.1 Å². The Morgan fingerprint density at radius 1 is 1.38 bits per heavy atom. The average molecular weight is 235 g/mol. The molecule has 16 heavy (non-hydrogen) atoms. The zero-order chi connectivity index (χ0) is 11.8. The predicted molar refractivity (Wildman–Crippen MR) is 68.7 cm³/mol. The lowest BCUT2D eigenvalue weighted by molar-refractivity contribution is 0.414. The molecule has 0 aliphatic carbocycles. The number of nitriles is 1. The molecule has 0 saturated carbocycles. The van der Waals surface area contributed by atoms with Gasteiger partial charge in [0.1, 0.15) is 11.2 Å². The lowest BCUT2D eigenvalue weighted by Gasteiger charge is -2.14. The molecule has 0 heterocycles. The van der Waals surface area contributed by atoms with Crippen molar-refractivity contribution >= 4 is 11.8 Å². The normalized spacial score (nSPS) is 11.8. The Kier molecular flexibility index (Phi) is 5.81. The van der Waals surface area contributed by atoms with Gasteiger partial charge in [-0.3, -0.25) is 0 Å². The maximum atomic E-state index is 8.49. The standard InChI is InChI=1S/C13H17NOS/c1-3-11(8-9-16-10-14)12-4-6-13(15-2)7-5-12/h4-7,11H,3,8-9H2,1-2H3. The molecular weight excluding hydrogens is 218 g/mol. The largest absolute Gasteiger partial charge is 0.497 e. The third-order valence-electron chi connectivity index (χ3n) is 2.71. The number of thiocyanates is 1. The van der Waals surface area contributed by atoms with E-state index < -0.39 is 0 Å². The zero-order valence-corrected chi connectivity index (χ0v) is 10.6. The van der Waals surface area contributed by atoms with Crippen LogP contribution in [0.5, 0.6) is 5.75 Å². The lowest BCUT2D eigenvalue weighted by atomic mass is 9.94. The maximum Gasteiger partial charge on any atom is 0.133 e. The van der Waals surface area contributed by atoms with Gasteiger partial charge in [0.05, 0.1) is 7.11 Å². The van der Waals surface area contributed by atoms with Gasteiger partial charge in [-0.05, 0) is 48.2 Å². The van der Waals surface area contributed by atoms with Crippen LogP contribution in [0.3, 0.4) is 0 Å². The van der Waals surface area contributed by atoms with Crippen LogP contribution in [-0.4, -0.2) is 12.9 Å². The second-order valence-corrected chi connectivity index (χ2v) is 4.49. The van der Waals surface area contributed by atoms with Gasteiger partial charge in [0.25, 0.3) is 0 Å². The van der Waals surface area contributed by atoms with Crippen molar-refractivity contribution in [2.24, 2.45) is 0 Å². The third kappa shape index (κ3) is 3.79. The first-order valence-corrected chi connectivity index (χ1v) is 6.45. The Balaban J connectivity index is 2.60. The molecule has 0 aliphatic rings. The second kappa shape index (κ2) is 7.19. The molecule has 86 valence electrons. The molecule has 1 aromatic carbocycles. The third-order valence-corrected chi connectivity index (χ3v) is 3.28. The van der Waals surface area contributed by atoms with Crippen LogP contribution >= 0.6 is 11.8 Å². The van der Waals surface area contributed by atoms with Crippen molar-refractivity contribution in [3.8, 4) is 11.2 Å². The molecule has 0 N–H and O–H groups in total. The number of hydrogen-bond donors (Lipinski definition) is 0. The summed E-state index contributed by atoms with van der Waals surface area (Å²) >= 11 is 1.33. The van der Waals surface area contributed by atoms with Crippen LogP contribution < -0.4 is 4.74 Å². The molecule has 0 spiro atoms. The molecule has 1 aromatic rings. The van der Waals surface area contributed by atoms with Crippen LogP contribution in [0.15, 0.2) is 24.3 Å². The summed E-state index contributed by atoms with van der Waals surface area (Å²) in [5, 5.41) is 10.6. The zero-order valence-electron chi connectivity index (χ0n) is 9.77. The number of benzene rings is 1. The van der Waals surface area contributed by atoms with Crippen molar-refractivity contribution < 1.29 is 4.74 Å². The Labute approximate surface area is 102 Å². The van der Waals surface area contributed by atoms with Gasteiger partial charge in [0.2, 0.25) is 0 Å². The molecular formula is C13H17NOS. The van der Waals surface area contributed by atoms with E-state index in [1.165, 1.54) is 17.3 Å². The number of nitrogens with zero attached hydrogens (tertiary/aromatic N) is 1. The fourth-order valence-electron chi connectivity index (χ4n) is 1.73. The molecule has 0 amide bonds. The van der Waals surface area contributed by atoms with Gasteiger partial charge in [0.15, 0.2) is 0 Å². The van der Waals surface area contributed by atoms with Crippen molar-refractivity contribution in [3.63, 3.8) is 0 Å². The van der Waals surface area contributed by atoms with E-state index in [0.29, 0.717) is 5.92 Å². The molecule has 1 atom stereocenters. The van der Waals surface area contributed by atoms with Crippen LogP contribution in [0.4, 0.5) is 0 Å². The molecule has 1 rings (SSSR count). The highest BCUT2D eigenvalue weighted by Gasteiger charge is 2.09. The van der Waals surface area contributed by atoms with E-state index in [4.69, 9.17) is 10.00 Å². The number of thioether (sulfide) groups is 1. The van der Waals surface area contributed by atoms with Crippen molar-refractivity contribution in [2.45, 2.75) is 25.7 Å². The molecule has 2 nitrogen and oxygen atoms in total. The predicted octanol–water partition coefficient (Wildman–Crippen LogP) is 3.79. The van der Waals surface area contributed by atoms with Crippen LogP contribution in [0.25, 0.3) is 0 Å². The molecule has 0 radical (unpaired) electrons. The minimum absolute atomic E-state index is 0.548. The SMILES string of the molecule is CCC(CCSC#N)c1ccc(OC)cc1. The Morgan fingerprint density at radius 3 is 2.56 bits per heavy atom. The summed E-state index contributed by atoms with van der Waals surface area (Å²) in [6.45, 7) is 2.19. The molecule has 0 aliphatic heterocycles. The summed E-state index contributed by atoms with van der Waals surface area (Å²) in [6.07, 6.45) is 2.17. The van der Waals surface area contributed by atoms with E-state index in [2.05, 4.69) is 24.5 Å². The minimum atomic E-state index is 0.548. The van der Waals surface area contributed by atoms with Crippen LogP contribution in [0.1, 0.15) is 31.2 Å². The molecule has 3 heteroatoms. The van der Waals surface area contributed by atoms with Gasteiger partial charge in [0, 0.05) is 5.75 Å². The molecule has 0 saturated heterocycles. The van der Waals surface area contributed by atoms with Crippen LogP contribution in [0.2, 0.25) is 0 Å². The van der Waals surface area contributed by atoms with E-state index in [-0.39, 0.29) is 0 Å². The quantitative estimate of drug-likeness (QED) is 0.555. The highest BCUT2D eigenvalue weighted by atomic mass is 32.2. The topological polar surface area (TPSA) is 33.0 Å². The van der Waals surface area contributed by atoms with Gasteiger partial charge in [-0.25, -0.2) is 0 Å². The highest BCUT2D eigenvalue weighted by Crippen LogP contribution is 2.26. The van der Waals surface area contributed by atoms with Crippen molar-refractivity contribution in [2.75, 3.05) is 12.9 Å². The molecule has 0 aromatic heterocycles. The van der Waals surface area contributed by atoms with E-state index in [9.17, 15) is 0 Å². The number of rotatable bonds is 6. The van der Waals surface area contributed by atoms with E-state index in [0.717, 1.165) is 24.3 Å². The summed E-state index contributed by atoms with van der Waals surface area (Å²) in [4.78, 5) is 0. The van der Waals surface area contributed by atoms with Crippen molar-refractivity contribution in [1.82, 2.24) is 0 Å². The summed E-state index contributed by atoms with van der Waals surface area (Å²) in [7, 11) is 1.68. The van der Waals surface area contributed by atoms with Gasteiger partial charge in [-0.15, -0.1) is 0 Å². The van der Waals surface area contributed by atoms with Crippen molar-refractivity contribution in [3.05, 3.63) is 29.8 Å². The lowest BCUT2D eigenvalue weighted by Crippen LogP contribution is -1.98. The Hall–Kier alpha value is -1.14. The van der Waals surface area contributed by atoms with Gasteiger partial charge >= 0.3 is 0 Å². The number of hydrogen-bond acceptors (Lipinski definition) is 3.